The number of halogens is 2. The molecule has 0 amide bonds. The third-order valence-corrected chi connectivity index (χ3v) is 6.41. The molecule has 122 valence electrons. The second kappa shape index (κ2) is 6.85. The van der Waals surface area contributed by atoms with Gasteiger partial charge in [0.25, 0.3) is 0 Å². The first-order chi connectivity index (χ1) is 11.4. The molecule has 0 aliphatic rings. The van der Waals surface area contributed by atoms with Crippen molar-refractivity contribution in [2.24, 2.45) is 0 Å². The molecule has 0 aliphatic carbocycles. The van der Waals surface area contributed by atoms with Crippen molar-refractivity contribution >= 4 is 31.9 Å². The molecule has 3 aromatic carbocycles. The van der Waals surface area contributed by atoms with Crippen molar-refractivity contribution in [1.82, 2.24) is 0 Å². The zero-order valence-electron chi connectivity index (χ0n) is 14.4. The Hall–Kier alpha value is -1.38. The van der Waals surface area contributed by atoms with E-state index in [1.807, 2.05) is 0 Å². The van der Waals surface area contributed by atoms with Crippen LogP contribution < -0.4 is 0 Å². The van der Waals surface area contributed by atoms with Crippen LogP contribution in [-0.2, 0) is 0 Å². The third-order valence-electron chi connectivity index (χ3n) is 4.56. The molecule has 0 aromatic heterocycles. The number of aryl methyl sites for hydroxylation is 4. The molecule has 3 aromatic rings. The van der Waals surface area contributed by atoms with Gasteiger partial charge in [0.2, 0.25) is 0 Å². The minimum absolute atomic E-state index is 1.08. The van der Waals surface area contributed by atoms with E-state index in [1.165, 1.54) is 44.5 Å². The number of hydrogen-bond acceptors (Lipinski definition) is 0. The van der Waals surface area contributed by atoms with Crippen LogP contribution in [-0.4, -0.2) is 0 Å². The van der Waals surface area contributed by atoms with Gasteiger partial charge in [-0.1, -0.05) is 36.4 Å². The second-order valence-electron chi connectivity index (χ2n) is 6.35. The van der Waals surface area contributed by atoms with Crippen molar-refractivity contribution in [1.29, 1.82) is 0 Å². The molecule has 0 bridgehead atoms. The van der Waals surface area contributed by atoms with Crippen molar-refractivity contribution in [2.75, 3.05) is 0 Å². The summed E-state index contributed by atoms with van der Waals surface area (Å²) in [5, 5.41) is 0. The molecular formula is C22H20Br2. The van der Waals surface area contributed by atoms with Crippen LogP contribution in [0.4, 0.5) is 0 Å². The van der Waals surface area contributed by atoms with E-state index < -0.39 is 0 Å². The monoisotopic (exact) mass is 442 g/mol. The Balaban J connectivity index is 2.42. The summed E-state index contributed by atoms with van der Waals surface area (Å²) in [4.78, 5) is 0. The van der Waals surface area contributed by atoms with E-state index >= 15 is 0 Å². The summed E-state index contributed by atoms with van der Waals surface area (Å²) in [6.45, 7) is 8.75. The van der Waals surface area contributed by atoms with Crippen LogP contribution in [0.25, 0.3) is 22.3 Å². The first-order valence-electron chi connectivity index (χ1n) is 8.02. The van der Waals surface area contributed by atoms with Crippen molar-refractivity contribution < 1.29 is 0 Å². The zero-order chi connectivity index (χ0) is 17.4. The summed E-state index contributed by atoms with van der Waals surface area (Å²) in [6.07, 6.45) is 0. The Morgan fingerprint density at radius 2 is 0.833 bits per heavy atom. The highest BCUT2D eigenvalue weighted by molar-refractivity contribution is 9.13. The molecule has 0 saturated heterocycles. The van der Waals surface area contributed by atoms with Crippen LogP contribution in [0.15, 0.2) is 57.5 Å². The average molecular weight is 444 g/mol. The molecule has 0 unspecified atom stereocenters. The lowest BCUT2D eigenvalue weighted by molar-refractivity contribution is 1.35. The highest BCUT2D eigenvalue weighted by atomic mass is 79.9. The molecule has 0 aliphatic heterocycles. The Bertz CT molecular complexity index is 806. The maximum absolute atomic E-state index is 3.69. The van der Waals surface area contributed by atoms with Gasteiger partial charge in [0.1, 0.15) is 0 Å². The standard InChI is InChI=1S/C22H20Br2/c1-13-7-5-8-14(2)21(13)17-11-19(23)20(24)12-18(17)22-15(3)9-6-10-16(22)4/h5-12H,1-4H3. The Labute approximate surface area is 161 Å². The molecule has 0 saturated carbocycles. The van der Waals surface area contributed by atoms with Crippen molar-refractivity contribution in [3.8, 4) is 22.3 Å². The normalized spacial score (nSPS) is 10.9. The van der Waals surface area contributed by atoms with E-state index in [1.54, 1.807) is 0 Å². The van der Waals surface area contributed by atoms with Gasteiger partial charge in [-0.2, -0.15) is 0 Å². The molecule has 0 atom stereocenters. The van der Waals surface area contributed by atoms with E-state index in [0.717, 1.165) is 8.95 Å². The first-order valence-corrected chi connectivity index (χ1v) is 9.61. The number of benzene rings is 3. The van der Waals surface area contributed by atoms with Gasteiger partial charge in [0.15, 0.2) is 0 Å². The molecule has 0 nitrogen and oxygen atoms in total. The quantitative estimate of drug-likeness (QED) is 0.379. The van der Waals surface area contributed by atoms with Crippen LogP contribution in [0, 0.1) is 27.7 Å². The summed E-state index contributed by atoms with van der Waals surface area (Å²) in [5.74, 6) is 0. The summed E-state index contributed by atoms with van der Waals surface area (Å²) in [5.41, 5.74) is 10.4. The first kappa shape index (κ1) is 17.4. The zero-order valence-corrected chi connectivity index (χ0v) is 17.5. The van der Waals surface area contributed by atoms with Crippen LogP contribution in [0.5, 0.6) is 0 Å². The summed E-state index contributed by atoms with van der Waals surface area (Å²) in [6, 6.07) is 17.5. The van der Waals surface area contributed by atoms with Crippen LogP contribution in [0.3, 0.4) is 0 Å². The van der Waals surface area contributed by atoms with E-state index in [2.05, 4.69) is 108 Å². The van der Waals surface area contributed by atoms with Crippen LogP contribution in [0.1, 0.15) is 22.3 Å². The number of hydrogen-bond donors (Lipinski definition) is 0. The summed E-state index contributed by atoms with van der Waals surface area (Å²) < 4.78 is 2.16. The van der Waals surface area contributed by atoms with Crippen LogP contribution >= 0.6 is 31.9 Å². The van der Waals surface area contributed by atoms with Crippen molar-refractivity contribution in [3.63, 3.8) is 0 Å². The maximum Gasteiger partial charge on any atom is 0.0324 e. The van der Waals surface area contributed by atoms with E-state index in [0.29, 0.717) is 0 Å². The van der Waals surface area contributed by atoms with E-state index in [-0.39, 0.29) is 0 Å². The molecule has 3 rings (SSSR count). The fourth-order valence-electron chi connectivity index (χ4n) is 3.44. The summed E-state index contributed by atoms with van der Waals surface area (Å²) >= 11 is 7.38. The minimum Gasteiger partial charge on any atom is -0.0617 e. The van der Waals surface area contributed by atoms with E-state index in [9.17, 15) is 0 Å². The molecule has 0 spiro atoms. The molecular weight excluding hydrogens is 424 g/mol. The lowest BCUT2D eigenvalue weighted by atomic mass is 9.86. The molecule has 0 heterocycles. The SMILES string of the molecule is Cc1cccc(C)c1-c1cc(Br)c(Br)cc1-c1c(C)cccc1C. The Morgan fingerprint density at radius 1 is 0.542 bits per heavy atom. The average Bonchev–Trinajstić information content (AvgIpc) is 2.51. The lowest BCUT2D eigenvalue weighted by Crippen LogP contribution is -1.95. The molecule has 24 heavy (non-hydrogen) atoms. The van der Waals surface area contributed by atoms with Gasteiger partial charge in [-0.05, 0) is 116 Å². The van der Waals surface area contributed by atoms with Gasteiger partial charge >= 0.3 is 0 Å². The van der Waals surface area contributed by atoms with Crippen LogP contribution in [0.2, 0.25) is 0 Å². The minimum atomic E-state index is 1.08. The Kier molecular flexibility index (Phi) is 4.98. The van der Waals surface area contributed by atoms with E-state index in [4.69, 9.17) is 0 Å². The molecule has 2 heteroatoms. The van der Waals surface area contributed by atoms with Gasteiger partial charge < -0.3 is 0 Å². The van der Waals surface area contributed by atoms with Crippen molar-refractivity contribution in [2.45, 2.75) is 27.7 Å². The largest absolute Gasteiger partial charge is 0.0617 e. The number of rotatable bonds is 2. The highest BCUT2D eigenvalue weighted by Gasteiger charge is 2.17. The lowest BCUT2D eigenvalue weighted by Gasteiger charge is -2.19. The molecule has 0 N–H and O–H groups in total. The second-order valence-corrected chi connectivity index (χ2v) is 8.05. The van der Waals surface area contributed by atoms with Gasteiger partial charge in [-0.15, -0.1) is 0 Å². The maximum atomic E-state index is 3.69. The molecule has 0 fully saturated rings. The predicted molar refractivity (Wildman–Crippen MR) is 112 cm³/mol. The predicted octanol–water partition coefficient (Wildman–Crippen LogP) is 7.78. The van der Waals surface area contributed by atoms with Gasteiger partial charge in [-0.25, -0.2) is 0 Å². The highest BCUT2D eigenvalue weighted by Crippen LogP contribution is 2.42. The topological polar surface area (TPSA) is 0 Å². The fourth-order valence-corrected chi connectivity index (χ4v) is 4.13. The van der Waals surface area contributed by atoms with Gasteiger partial charge in [-0.3, -0.25) is 0 Å². The van der Waals surface area contributed by atoms with Gasteiger partial charge in [0, 0.05) is 8.95 Å². The molecule has 0 radical (unpaired) electrons. The van der Waals surface area contributed by atoms with Crippen molar-refractivity contribution in [3.05, 3.63) is 79.7 Å². The van der Waals surface area contributed by atoms with Gasteiger partial charge in [0.05, 0.1) is 0 Å². The fraction of sp³-hybridized carbons (Fsp3) is 0.182. The Morgan fingerprint density at radius 3 is 1.12 bits per heavy atom. The smallest absolute Gasteiger partial charge is 0.0324 e. The third kappa shape index (κ3) is 3.10. The summed E-state index contributed by atoms with van der Waals surface area (Å²) in [7, 11) is 0.